The average Bonchev–Trinajstić information content (AvgIpc) is 2.58. The van der Waals surface area contributed by atoms with Crippen molar-refractivity contribution in [2.45, 2.75) is 6.92 Å². The van der Waals surface area contributed by atoms with E-state index in [9.17, 15) is 14.4 Å². The van der Waals surface area contributed by atoms with Gasteiger partial charge in [-0.25, -0.2) is 0 Å². The highest BCUT2D eigenvalue weighted by atomic mass is 35.5. The third-order valence-corrected chi connectivity index (χ3v) is 3.27. The van der Waals surface area contributed by atoms with Crippen LogP contribution in [0.1, 0.15) is 27.6 Å². The summed E-state index contributed by atoms with van der Waals surface area (Å²) in [6, 6.07) is 12.7. The maximum atomic E-state index is 11.8. The van der Waals surface area contributed by atoms with Crippen LogP contribution < -0.4 is 15.6 Å². The van der Waals surface area contributed by atoms with Crippen LogP contribution in [0.4, 0.5) is 0 Å². The van der Waals surface area contributed by atoms with Crippen molar-refractivity contribution in [2.24, 2.45) is 0 Å². The molecule has 0 bridgehead atoms. The number of hydrogen-bond acceptors (Lipinski definition) is 4. The number of benzene rings is 2. The van der Waals surface area contributed by atoms with Gasteiger partial charge in [-0.15, -0.1) is 0 Å². The van der Waals surface area contributed by atoms with Gasteiger partial charge in [-0.1, -0.05) is 17.7 Å². The molecule has 0 saturated carbocycles. The summed E-state index contributed by atoms with van der Waals surface area (Å²) >= 11 is 5.79. The summed E-state index contributed by atoms with van der Waals surface area (Å²) in [5.74, 6) is -0.628. The third kappa shape index (κ3) is 5.10. The van der Waals surface area contributed by atoms with Crippen LogP contribution in [0.5, 0.6) is 5.75 Å². The fourth-order valence-electron chi connectivity index (χ4n) is 1.80. The number of carbonyl (C=O) groups excluding carboxylic acids is 3. The molecule has 0 heterocycles. The molecule has 0 atom stereocenters. The molecule has 0 aliphatic heterocycles. The van der Waals surface area contributed by atoms with Gasteiger partial charge in [0.15, 0.2) is 12.4 Å². The van der Waals surface area contributed by atoms with Crippen LogP contribution in [-0.4, -0.2) is 24.2 Å². The van der Waals surface area contributed by atoms with Crippen molar-refractivity contribution in [1.29, 1.82) is 0 Å². The molecule has 2 aromatic rings. The Morgan fingerprint density at radius 1 is 1.00 bits per heavy atom. The molecule has 0 unspecified atom stereocenters. The predicted octanol–water partition coefficient (Wildman–Crippen LogP) is 2.38. The molecule has 2 aromatic carbocycles. The van der Waals surface area contributed by atoms with Gasteiger partial charge in [0.1, 0.15) is 5.75 Å². The van der Waals surface area contributed by atoms with Gasteiger partial charge in [0.2, 0.25) is 0 Å². The third-order valence-electron chi connectivity index (χ3n) is 3.03. The van der Waals surface area contributed by atoms with Crippen LogP contribution in [0.3, 0.4) is 0 Å². The Hall–Kier alpha value is -2.86. The molecule has 0 saturated heterocycles. The summed E-state index contributed by atoms with van der Waals surface area (Å²) in [6.45, 7) is 1.18. The topological polar surface area (TPSA) is 84.5 Å². The van der Waals surface area contributed by atoms with Gasteiger partial charge in [-0.05, 0) is 49.4 Å². The van der Waals surface area contributed by atoms with Crippen LogP contribution in [0.15, 0.2) is 48.5 Å². The first kappa shape index (κ1) is 17.5. The van der Waals surface area contributed by atoms with Crippen molar-refractivity contribution in [2.75, 3.05) is 6.61 Å². The molecule has 0 radical (unpaired) electrons. The second kappa shape index (κ2) is 8.12. The van der Waals surface area contributed by atoms with Crippen LogP contribution in [0.2, 0.25) is 5.02 Å². The molecular weight excluding hydrogens is 332 g/mol. The number of carbonyl (C=O) groups is 3. The predicted molar refractivity (Wildman–Crippen MR) is 89.0 cm³/mol. The van der Waals surface area contributed by atoms with Crippen molar-refractivity contribution >= 4 is 29.2 Å². The fourth-order valence-corrected chi connectivity index (χ4v) is 1.99. The quantitative estimate of drug-likeness (QED) is 0.643. The number of ether oxygens (including phenoxy) is 1. The van der Waals surface area contributed by atoms with Gasteiger partial charge < -0.3 is 4.74 Å². The maximum absolute atomic E-state index is 11.8. The minimum Gasteiger partial charge on any atom is -0.484 e. The number of hydrogen-bond donors (Lipinski definition) is 2. The van der Waals surface area contributed by atoms with Crippen LogP contribution in [-0.2, 0) is 4.79 Å². The Balaban J connectivity index is 1.79. The van der Waals surface area contributed by atoms with Crippen molar-refractivity contribution < 1.29 is 19.1 Å². The standard InChI is InChI=1S/C17H15ClN2O4/c1-11(21)12-5-7-15(8-6-12)24-10-16(22)19-20-17(23)13-3-2-4-14(18)9-13/h2-9H,10H2,1H3,(H,19,22)(H,20,23). The summed E-state index contributed by atoms with van der Waals surface area (Å²) in [5.41, 5.74) is 5.38. The minimum absolute atomic E-state index is 0.0528. The first-order valence-corrected chi connectivity index (χ1v) is 7.42. The second-order valence-electron chi connectivity index (χ2n) is 4.88. The first-order valence-electron chi connectivity index (χ1n) is 7.04. The van der Waals surface area contributed by atoms with Crippen LogP contribution in [0, 0.1) is 0 Å². The van der Waals surface area contributed by atoms with Gasteiger partial charge in [-0.2, -0.15) is 0 Å². The summed E-state index contributed by atoms with van der Waals surface area (Å²) in [6.07, 6.45) is 0. The lowest BCUT2D eigenvalue weighted by Gasteiger charge is -2.09. The Bertz CT molecular complexity index is 759. The average molecular weight is 347 g/mol. The van der Waals surface area contributed by atoms with Crippen LogP contribution in [0.25, 0.3) is 0 Å². The molecule has 24 heavy (non-hydrogen) atoms. The molecule has 0 aliphatic rings. The normalized spacial score (nSPS) is 9.92. The lowest BCUT2D eigenvalue weighted by Crippen LogP contribution is -2.43. The van der Waals surface area contributed by atoms with Crippen molar-refractivity contribution in [3.8, 4) is 5.75 Å². The van der Waals surface area contributed by atoms with E-state index in [0.717, 1.165) is 0 Å². The Kier molecular flexibility index (Phi) is 5.92. The van der Waals surface area contributed by atoms with Crippen molar-refractivity contribution in [3.63, 3.8) is 0 Å². The largest absolute Gasteiger partial charge is 0.484 e. The van der Waals surface area contributed by atoms with Crippen LogP contribution >= 0.6 is 11.6 Å². The minimum atomic E-state index is -0.527. The van der Waals surface area contributed by atoms with E-state index in [1.54, 1.807) is 42.5 Å². The molecule has 0 spiro atoms. The van der Waals surface area contributed by atoms with E-state index in [1.807, 2.05) is 0 Å². The lowest BCUT2D eigenvalue weighted by molar-refractivity contribution is -0.123. The van der Waals surface area contributed by atoms with Gasteiger partial charge in [0.25, 0.3) is 11.8 Å². The molecule has 7 heteroatoms. The van der Waals surface area contributed by atoms with E-state index in [4.69, 9.17) is 16.3 Å². The summed E-state index contributed by atoms with van der Waals surface area (Å²) < 4.78 is 5.26. The lowest BCUT2D eigenvalue weighted by atomic mass is 10.1. The highest BCUT2D eigenvalue weighted by molar-refractivity contribution is 6.30. The van der Waals surface area contributed by atoms with Gasteiger partial charge in [-0.3, -0.25) is 25.2 Å². The zero-order chi connectivity index (χ0) is 17.5. The van der Waals surface area contributed by atoms with Gasteiger partial charge in [0, 0.05) is 16.1 Å². The molecule has 124 valence electrons. The molecule has 2 N–H and O–H groups in total. The molecule has 2 amide bonds. The Morgan fingerprint density at radius 3 is 2.33 bits per heavy atom. The number of hydrazine groups is 1. The number of amides is 2. The van der Waals surface area contributed by atoms with Crippen molar-refractivity contribution in [1.82, 2.24) is 10.9 Å². The molecule has 0 fully saturated rings. The monoisotopic (exact) mass is 346 g/mol. The van der Waals surface area contributed by atoms with E-state index in [-0.39, 0.29) is 12.4 Å². The number of rotatable bonds is 5. The SMILES string of the molecule is CC(=O)c1ccc(OCC(=O)NNC(=O)c2cccc(Cl)c2)cc1. The summed E-state index contributed by atoms with van der Waals surface area (Å²) in [5, 5.41) is 0.423. The summed E-state index contributed by atoms with van der Waals surface area (Å²) in [4.78, 5) is 34.6. The van der Waals surface area contributed by atoms with E-state index >= 15 is 0 Å². The zero-order valence-corrected chi connectivity index (χ0v) is 13.6. The second-order valence-corrected chi connectivity index (χ2v) is 5.32. The number of Topliss-reactive ketones (excluding diaryl/α,β-unsaturated/α-hetero) is 1. The first-order chi connectivity index (χ1) is 11.5. The molecule has 6 nitrogen and oxygen atoms in total. The highest BCUT2D eigenvalue weighted by Gasteiger charge is 2.08. The van der Waals surface area contributed by atoms with E-state index < -0.39 is 11.8 Å². The smallest absolute Gasteiger partial charge is 0.276 e. The molecule has 0 aromatic heterocycles. The number of nitrogens with one attached hydrogen (secondary N) is 2. The highest BCUT2D eigenvalue weighted by Crippen LogP contribution is 2.12. The molecule has 0 aliphatic carbocycles. The van der Waals surface area contributed by atoms with Gasteiger partial charge in [0.05, 0.1) is 0 Å². The molecule has 2 rings (SSSR count). The number of halogens is 1. The Morgan fingerprint density at radius 2 is 1.71 bits per heavy atom. The maximum Gasteiger partial charge on any atom is 0.276 e. The van der Waals surface area contributed by atoms with E-state index in [1.165, 1.54) is 13.0 Å². The van der Waals surface area contributed by atoms with Gasteiger partial charge >= 0.3 is 0 Å². The summed E-state index contributed by atoms with van der Waals surface area (Å²) in [7, 11) is 0. The molecular formula is C17H15ClN2O4. The fraction of sp³-hybridized carbons (Fsp3) is 0.118. The zero-order valence-electron chi connectivity index (χ0n) is 12.8. The number of ketones is 1. The van der Waals surface area contributed by atoms with E-state index in [0.29, 0.717) is 21.9 Å². The van der Waals surface area contributed by atoms with Crippen molar-refractivity contribution in [3.05, 3.63) is 64.7 Å². The van der Waals surface area contributed by atoms with E-state index in [2.05, 4.69) is 10.9 Å². The Labute approximate surface area is 143 Å².